The molecule has 0 radical (unpaired) electrons. The van der Waals surface area contributed by atoms with E-state index in [1.165, 1.54) is 12.4 Å². The second kappa shape index (κ2) is 5.66. The van der Waals surface area contributed by atoms with Gasteiger partial charge in [0.05, 0.1) is 6.20 Å². The smallest absolute Gasteiger partial charge is 0.243 e. The van der Waals surface area contributed by atoms with Crippen molar-refractivity contribution >= 4 is 32.6 Å². The predicted octanol–water partition coefficient (Wildman–Crippen LogP) is 0.903. The van der Waals surface area contributed by atoms with Gasteiger partial charge in [0.2, 0.25) is 10.0 Å². The van der Waals surface area contributed by atoms with E-state index >= 15 is 0 Å². The highest BCUT2D eigenvalue weighted by Gasteiger charge is 2.13. The first-order valence-electron chi connectivity index (χ1n) is 4.21. The monoisotopic (exact) mass is 329 g/mol. The molecule has 80 valence electrons. The summed E-state index contributed by atoms with van der Waals surface area (Å²) in [5.74, 6) is 0. The number of hydrogen-bond donors (Lipinski definition) is 2. The summed E-state index contributed by atoms with van der Waals surface area (Å²) in [6, 6.07) is 0. The van der Waals surface area contributed by atoms with E-state index in [1.54, 1.807) is 0 Å². The molecule has 1 rings (SSSR count). The Morgan fingerprint density at radius 2 is 2.29 bits per heavy atom. The minimum absolute atomic E-state index is 0.187. The molecule has 0 atom stereocenters. The molecule has 0 saturated carbocycles. The molecule has 2 N–H and O–H groups in total. The summed E-state index contributed by atoms with van der Waals surface area (Å²) in [5, 5.41) is 6.05. The molecule has 0 saturated heterocycles. The van der Waals surface area contributed by atoms with Gasteiger partial charge < -0.3 is 0 Å². The van der Waals surface area contributed by atoms with E-state index in [2.05, 4.69) is 37.5 Å². The number of aromatic amines is 1. The normalized spacial score (nSPS) is 11.8. The summed E-state index contributed by atoms with van der Waals surface area (Å²) in [5.41, 5.74) is 0. The van der Waals surface area contributed by atoms with Crippen molar-refractivity contribution in [2.24, 2.45) is 0 Å². The van der Waals surface area contributed by atoms with Gasteiger partial charge in [-0.1, -0.05) is 22.6 Å². The number of sulfonamides is 1. The average molecular weight is 329 g/mol. The molecule has 0 spiro atoms. The molecule has 1 aromatic rings. The molecule has 7 heteroatoms. The van der Waals surface area contributed by atoms with Crippen molar-refractivity contribution < 1.29 is 8.42 Å². The molecule has 5 nitrogen and oxygen atoms in total. The molecule has 0 unspecified atom stereocenters. The summed E-state index contributed by atoms with van der Waals surface area (Å²) in [6.07, 6.45) is 4.54. The molecule has 0 fully saturated rings. The maximum atomic E-state index is 11.5. The van der Waals surface area contributed by atoms with Gasteiger partial charge in [-0.05, 0) is 17.3 Å². The van der Waals surface area contributed by atoms with Crippen molar-refractivity contribution in [1.29, 1.82) is 0 Å². The molecule has 0 aromatic carbocycles. The summed E-state index contributed by atoms with van der Waals surface area (Å²) in [4.78, 5) is 0.187. The molecule has 1 aromatic heterocycles. The van der Waals surface area contributed by atoms with Gasteiger partial charge >= 0.3 is 0 Å². The molecule has 0 amide bonds. The highest BCUT2D eigenvalue weighted by Crippen LogP contribution is 2.04. The first-order chi connectivity index (χ1) is 6.67. The van der Waals surface area contributed by atoms with Crippen molar-refractivity contribution in [2.45, 2.75) is 17.7 Å². The van der Waals surface area contributed by atoms with Crippen molar-refractivity contribution in [2.75, 3.05) is 11.0 Å². The Bertz CT molecular complexity index is 349. The fraction of sp³-hybridized carbons (Fsp3) is 0.571. The highest BCUT2D eigenvalue weighted by atomic mass is 127. The Balaban J connectivity index is 2.44. The van der Waals surface area contributed by atoms with Gasteiger partial charge in [-0.15, -0.1) is 0 Å². The van der Waals surface area contributed by atoms with Crippen LogP contribution in [0.25, 0.3) is 0 Å². The average Bonchev–Trinajstić information content (AvgIpc) is 2.65. The molecule has 0 aliphatic heterocycles. The Morgan fingerprint density at radius 1 is 1.50 bits per heavy atom. The van der Waals surface area contributed by atoms with E-state index in [-0.39, 0.29) is 4.90 Å². The van der Waals surface area contributed by atoms with Crippen molar-refractivity contribution in [3.05, 3.63) is 12.4 Å². The zero-order chi connectivity index (χ0) is 10.4. The number of alkyl halides is 1. The van der Waals surface area contributed by atoms with Crippen LogP contribution in [-0.2, 0) is 10.0 Å². The van der Waals surface area contributed by atoms with Crippen LogP contribution in [0.2, 0.25) is 0 Å². The zero-order valence-corrected chi connectivity index (χ0v) is 10.5. The lowest BCUT2D eigenvalue weighted by Crippen LogP contribution is -2.24. The molecular weight excluding hydrogens is 317 g/mol. The summed E-state index contributed by atoms with van der Waals surface area (Å²) in [6.45, 7) is 0.483. The molecule has 14 heavy (non-hydrogen) atoms. The van der Waals surface area contributed by atoms with E-state index in [4.69, 9.17) is 0 Å². The third-order valence-corrected chi connectivity index (χ3v) is 3.83. The van der Waals surface area contributed by atoms with E-state index in [0.717, 1.165) is 17.3 Å². The summed E-state index contributed by atoms with van der Waals surface area (Å²) in [7, 11) is -3.34. The lowest BCUT2D eigenvalue weighted by atomic mass is 10.3. The number of hydrogen-bond acceptors (Lipinski definition) is 3. The largest absolute Gasteiger partial charge is 0.284 e. The Labute approximate surface area is 96.9 Å². The van der Waals surface area contributed by atoms with Crippen LogP contribution in [0.4, 0.5) is 0 Å². The van der Waals surface area contributed by atoms with Crippen LogP contribution in [0.15, 0.2) is 17.3 Å². The van der Waals surface area contributed by atoms with Crippen LogP contribution >= 0.6 is 22.6 Å². The van der Waals surface area contributed by atoms with E-state index < -0.39 is 10.0 Å². The second-order valence-corrected chi connectivity index (χ2v) is 5.57. The number of rotatable bonds is 6. The Kier molecular flexibility index (Phi) is 4.82. The lowest BCUT2D eigenvalue weighted by Gasteiger charge is -2.02. The maximum absolute atomic E-state index is 11.5. The first-order valence-corrected chi connectivity index (χ1v) is 7.22. The number of unbranched alkanes of at least 4 members (excludes halogenated alkanes) is 1. The quantitative estimate of drug-likeness (QED) is 0.463. The minimum Gasteiger partial charge on any atom is -0.284 e. The number of nitrogens with zero attached hydrogens (tertiary/aromatic N) is 1. The van der Waals surface area contributed by atoms with Crippen molar-refractivity contribution in [3.8, 4) is 0 Å². The molecule has 1 heterocycles. The Hall–Kier alpha value is -0.150. The van der Waals surface area contributed by atoms with Crippen molar-refractivity contribution in [3.63, 3.8) is 0 Å². The molecule has 0 aliphatic carbocycles. The van der Waals surface area contributed by atoms with Crippen LogP contribution in [0.5, 0.6) is 0 Å². The van der Waals surface area contributed by atoms with E-state index in [1.807, 2.05) is 0 Å². The second-order valence-electron chi connectivity index (χ2n) is 2.73. The summed E-state index contributed by atoms with van der Waals surface area (Å²) < 4.78 is 26.5. The van der Waals surface area contributed by atoms with Crippen LogP contribution in [0.1, 0.15) is 12.8 Å². The Morgan fingerprint density at radius 3 is 2.86 bits per heavy atom. The van der Waals surface area contributed by atoms with E-state index in [9.17, 15) is 8.42 Å². The lowest BCUT2D eigenvalue weighted by molar-refractivity contribution is 0.579. The van der Waals surface area contributed by atoms with Gasteiger partial charge in [0.15, 0.2) is 0 Å². The fourth-order valence-corrected chi connectivity index (χ4v) is 2.41. The van der Waals surface area contributed by atoms with Gasteiger partial charge in [0, 0.05) is 12.7 Å². The first kappa shape index (κ1) is 11.9. The van der Waals surface area contributed by atoms with Crippen molar-refractivity contribution in [1.82, 2.24) is 14.9 Å². The molecule has 0 aliphatic rings. The number of nitrogens with one attached hydrogen (secondary N) is 2. The van der Waals surface area contributed by atoms with Crippen LogP contribution in [0.3, 0.4) is 0 Å². The van der Waals surface area contributed by atoms with Gasteiger partial charge in [0.1, 0.15) is 4.90 Å². The predicted molar refractivity (Wildman–Crippen MR) is 61.9 cm³/mol. The van der Waals surface area contributed by atoms with Gasteiger partial charge in [0.25, 0.3) is 0 Å². The third kappa shape index (κ3) is 3.54. The number of halogens is 1. The zero-order valence-electron chi connectivity index (χ0n) is 7.53. The van der Waals surface area contributed by atoms with Crippen LogP contribution in [-0.4, -0.2) is 29.6 Å². The SMILES string of the molecule is O=S(=O)(NCCCCI)c1cn[nH]c1. The van der Waals surface area contributed by atoms with Gasteiger partial charge in [-0.2, -0.15) is 5.10 Å². The number of aromatic nitrogens is 2. The van der Waals surface area contributed by atoms with Crippen LogP contribution < -0.4 is 4.72 Å². The standard InChI is InChI=1S/C7H12IN3O2S/c8-3-1-2-4-11-14(12,13)7-5-9-10-6-7/h5-6,11H,1-4H2,(H,9,10). The fourth-order valence-electron chi connectivity index (χ4n) is 0.895. The van der Waals surface area contributed by atoms with E-state index in [0.29, 0.717) is 6.54 Å². The number of H-pyrrole nitrogens is 1. The van der Waals surface area contributed by atoms with Crippen LogP contribution in [0, 0.1) is 0 Å². The third-order valence-electron chi connectivity index (χ3n) is 1.64. The minimum atomic E-state index is -3.34. The topological polar surface area (TPSA) is 74.8 Å². The molecular formula is C7H12IN3O2S. The summed E-state index contributed by atoms with van der Waals surface area (Å²) >= 11 is 2.27. The highest BCUT2D eigenvalue weighted by molar-refractivity contribution is 14.1. The molecule has 0 bridgehead atoms. The van der Waals surface area contributed by atoms with Gasteiger partial charge in [-0.25, -0.2) is 13.1 Å². The van der Waals surface area contributed by atoms with Gasteiger partial charge in [-0.3, -0.25) is 5.10 Å². The maximum Gasteiger partial charge on any atom is 0.243 e.